The Morgan fingerprint density at radius 2 is 2.13 bits per heavy atom. The molecule has 0 radical (unpaired) electrons. The molecule has 15 heavy (non-hydrogen) atoms. The Kier molecular flexibility index (Phi) is 2.51. The monoisotopic (exact) mass is 197 g/mol. The second kappa shape index (κ2) is 3.82. The number of hydrogen-bond donors (Lipinski definition) is 0. The molecule has 76 valence electrons. The molecule has 0 aliphatic heterocycles. The maximum Gasteiger partial charge on any atom is 0.0834 e. The SMILES string of the molecule is C#CCn1ccc2cc(C(C)C)ccc21. The summed E-state index contributed by atoms with van der Waals surface area (Å²) in [5, 5.41) is 1.27. The Labute approximate surface area is 90.7 Å². The van der Waals surface area contributed by atoms with Crippen molar-refractivity contribution in [3.63, 3.8) is 0 Å². The van der Waals surface area contributed by atoms with Gasteiger partial charge in [-0.1, -0.05) is 25.8 Å². The van der Waals surface area contributed by atoms with Gasteiger partial charge in [0, 0.05) is 11.7 Å². The lowest BCUT2D eigenvalue weighted by molar-refractivity contribution is 0.865. The first-order chi connectivity index (χ1) is 7.22. The van der Waals surface area contributed by atoms with Crippen LogP contribution in [0, 0.1) is 12.3 Å². The summed E-state index contributed by atoms with van der Waals surface area (Å²) in [6, 6.07) is 8.70. The van der Waals surface area contributed by atoms with Gasteiger partial charge in [-0.25, -0.2) is 0 Å². The maximum atomic E-state index is 5.32. The number of benzene rings is 1. The van der Waals surface area contributed by atoms with Crippen LogP contribution in [0.4, 0.5) is 0 Å². The van der Waals surface area contributed by atoms with Crippen molar-refractivity contribution in [3.8, 4) is 12.3 Å². The van der Waals surface area contributed by atoms with E-state index in [-0.39, 0.29) is 0 Å². The van der Waals surface area contributed by atoms with Gasteiger partial charge in [0.05, 0.1) is 6.54 Å². The van der Waals surface area contributed by atoms with E-state index in [0.29, 0.717) is 12.5 Å². The average molecular weight is 197 g/mol. The van der Waals surface area contributed by atoms with Crippen molar-refractivity contribution in [2.45, 2.75) is 26.3 Å². The first kappa shape index (κ1) is 9.86. The van der Waals surface area contributed by atoms with Gasteiger partial charge in [-0.3, -0.25) is 0 Å². The molecule has 0 fully saturated rings. The Bertz CT molecular complexity index is 512. The molecule has 0 spiro atoms. The van der Waals surface area contributed by atoms with Crippen molar-refractivity contribution in [3.05, 3.63) is 36.0 Å². The predicted octanol–water partition coefficient (Wildman–Crippen LogP) is 3.40. The standard InChI is InChI=1S/C14H15N/c1-4-8-15-9-7-13-10-12(11(2)3)5-6-14(13)15/h1,5-7,9-11H,8H2,2-3H3. The zero-order valence-corrected chi connectivity index (χ0v) is 9.20. The number of rotatable bonds is 2. The van der Waals surface area contributed by atoms with Crippen LogP contribution in [0.15, 0.2) is 30.5 Å². The number of terminal acetylenes is 1. The van der Waals surface area contributed by atoms with Gasteiger partial charge in [-0.2, -0.15) is 0 Å². The van der Waals surface area contributed by atoms with E-state index in [1.54, 1.807) is 0 Å². The number of aromatic nitrogens is 1. The minimum absolute atomic E-state index is 0.574. The van der Waals surface area contributed by atoms with E-state index in [1.165, 1.54) is 16.5 Å². The van der Waals surface area contributed by atoms with Gasteiger partial charge in [-0.15, -0.1) is 6.42 Å². The summed E-state index contributed by atoms with van der Waals surface area (Å²) < 4.78 is 2.10. The van der Waals surface area contributed by atoms with Crippen LogP contribution in [0.2, 0.25) is 0 Å². The largest absolute Gasteiger partial charge is 0.336 e. The van der Waals surface area contributed by atoms with Crippen molar-refractivity contribution in [1.82, 2.24) is 4.57 Å². The molecular weight excluding hydrogens is 182 g/mol. The van der Waals surface area contributed by atoms with E-state index in [0.717, 1.165) is 0 Å². The molecule has 0 bridgehead atoms. The molecule has 1 aromatic carbocycles. The van der Waals surface area contributed by atoms with Crippen molar-refractivity contribution in [1.29, 1.82) is 0 Å². The molecule has 0 aliphatic rings. The summed E-state index contributed by atoms with van der Waals surface area (Å²) in [6.45, 7) is 5.06. The van der Waals surface area contributed by atoms with Gasteiger partial charge in [0.15, 0.2) is 0 Å². The second-order valence-electron chi connectivity index (χ2n) is 4.12. The minimum atomic E-state index is 0.574. The zero-order chi connectivity index (χ0) is 10.8. The van der Waals surface area contributed by atoms with Crippen LogP contribution in [0.3, 0.4) is 0 Å². The van der Waals surface area contributed by atoms with Crippen LogP contribution in [-0.2, 0) is 6.54 Å². The van der Waals surface area contributed by atoms with Gasteiger partial charge >= 0.3 is 0 Å². The van der Waals surface area contributed by atoms with Crippen LogP contribution in [0.25, 0.3) is 10.9 Å². The minimum Gasteiger partial charge on any atom is -0.336 e. The molecule has 0 saturated heterocycles. The van der Waals surface area contributed by atoms with E-state index >= 15 is 0 Å². The fraction of sp³-hybridized carbons (Fsp3) is 0.286. The number of nitrogens with zero attached hydrogens (tertiary/aromatic N) is 1. The Hall–Kier alpha value is -1.68. The first-order valence-corrected chi connectivity index (χ1v) is 5.24. The molecule has 0 amide bonds. The van der Waals surface area contributed by atoms with Crippen LogP contribution in [0.1, 0.15) is 25.3 Å². The summed E-state index contributed by atoms with van der Waals surface area (Å²) in [5.74, 6) is 3.24. The van der Waals surface area contributed by atoms with E-state index < -0.39 is 0 Å². The molecule has 0 N–H and O–H groups in total. The summed E-state index contributed by atoms with van der Waals surface area (Å²) in [4.78, 5) is 0. The van der Waals surface area contributed by atoms with Crippen molar-refractivity contribution >= 4 is 10.9 Å². The summed E-state index contributed by atoms with van der Waals surface area (Å²) in [6.07, 6.45) is 7.37. The third kappa shape index (κ3) is 1.76. The molecule has 1 nitrogen and oxygen atoms in total. The molecule has 2 aromatic rings. The maximum absolute atomic E-state index is 5.32. The van der Waals surface area contributed by atoms with Crippen molar-refractivity contribution in [2.24, 2.45) is 0 Å². The fourth-order valence-corrected chi connectivity index (χ4v) is 1.81. The van der Waals surface area contributed by atoms with Gasteiger partial charge in [0.25, 0.3) is 0 Å². The van der Waals surface area contributed by atoms with Crippen LogP contribution >= 0.6 is 0 Å². The lowest BCUT2D eigenvalue weighted by Crippen LogP contribution is -1.93. The van der Waals surface area contributed by atoms with E-state index in [9.17, 15) is 0 Å². The van der Waals surface area contributed by atoms with Crippen LogP contribution < -0.4 is 0 Å². The molecule has 0 atom stereocenters. The number of fused-ring (bicyclic) bond motifs is 1. The lowest BCUT2D eigenvalue weighted by Gasteiger charge is -2.06. The lowest BCUT2D eigenvalue weighted by atomic mass is 10.0. The summed E-state index contributed by atoms with van der Waals surface area (Å²) in [5.41, 5.74) is 2.60. The van der Waals surface area contributed by atoms with Crippen molar-refractivity contribution < 1.29 is 0 Å². The molecule has 1 heterocycles. The highest BCUT2D eigenvalue weighted by Gasteiger charge is 2.03. The molecule has 0 unspecified atom stereocenters. The van der Waals surface area contributed by atoms with Crippen LogP contribution in [-0.4, -0.2) is 4.57 Å². The predicted molar refractivity (Wildman–Crippen MR) is 64.9 cm³/mol. The highest BCUT2D eigenvalue weighted by Crippen LogP contribution is 2.22. The summed E-state index contributed by atoms with van der Waals surface area (Å²) >= 11 is 0. The van der Waals surface area contributed by atoms with Gasteiger partial charge in [0.2, 0.25) is 0 Å². The second-order valence-corrected chi connectivity index (χ2v) is 4.12. The quantitative estimate of drug-likeness (QED) is 0.650. The van der Waals surface area contributed by atoms with E-state index in [2.05, 4.69) is 54.8 Å². The van der Waals surface area contributed by atoms with E-state index in [4.69, 9.17) is 6.42 Å². The Morgan fingerprint density at radius 1 is 1.33 bits per heavy atom. The fourth-order valence-electron chi connectivity index (χ4n) is 1.81. The third-order valence-electron chi connectivity index (χ3n) is 2.72. The Morgan fingerprint density at radius 3 is 2.80 bits per heavy atom. The smallest absolute Gasteiger partial charge is 0.0834 e. The average Bonchev–Trinajstić information content (AvgIpc) is 2.61. The Balaban J connectivity index is 2.53. The van der Waals surface area contributed by atoms with Crippen LogP contribution in [0.5, 0.6) is 0 Å². The third-order valence-corrected chi connectivity index (χ3v) is 2.72. The van der Waals surface area contributed by atoms with Gasteiger partial charge in [0.1, 0.15) is 0 Å². The number of hydrogen-bond acceptors (Lipinski definition) is 0. The molecular formula is C14H15N. The van der Waals surface area contributed by atoms with Gasteiger partial charge in [-0.05, 0) is 35.1 Å². The molecule has 0 saturated carbocycles. The molecule has 0 aliphatic carbocycles. The zero-order valence-electron chi connectivity index (χ0n) is 9.20. The van der Waals surface area contributed by atoms with Gasteiger partial charge < -0.3 is 4.57 Å². The summed E-state index contributed by atoms with van der Waals surface area (Å²) in [7, 11) is 0. The highest BCUT2D eigenvalue weighted by atomic mass is 14.9. The topological polar surface area (TPSA) is 4.93 Å². The molecule has 1 aromatic heterocycles. The highest BCUT2D eigenvalue weighted by molar-refractivity contribution is 5.81. The normalized spacial score (nSPS) is 10.8. The molecule has 2 rings (SSSR count). The van der Waals surface area contributed by atoms with E-state index in [1.807, 2.05) is 0 Å². The first-order valence-electron chi connectivity index (χ1n) is 5.24. The van der Waals surface area contributed by atoms with Crippen molar-refractivity contribution in [2.75, 3.05) is 0 Å². The molecule has 1 heteroatoms.